The number of ether oxygens (including phenoxy) is 1. The number of carbonyl (C=O) groups is 2. The summed E-state index contributed by atoms with van der Waals surface area (Å²) in [5, 5.41) is 7.55. The van der Waals surface area contributed by atoms with E-state index < -0.39 is 0 Å². The second-order valence-electron chi connectivity index (χ2n) is 5.73. The molecular weight excluding hydrogens is 366 g/mol. The maximum Gasteiger partial charge on any atom is 0.349 e. The number of amides is 1. The van der Waals surface area contributed by atoms with Crippen LogP contribution < -0.4 is 4.90 Å². The van der Waals surface area contributed by atoms with Crippen LogP contribution >= 0.6 is 22.9 Å². The number of nitrogens with one attached hydrogen (secondary N) is 1. The standard InChI is InChI=1S/C15H18ClN5O3S/c1-20(13(22)12-10(16)7-18-19-12)9-3-5-21(6-4-9)15-17-8-11(25-15)14(23)24-2/h7-9H,3-6H2,1-2H3,(H,18,19). The van der Waals surface area contributed by atoms with E-state index in [2.05, 4.69) is 20.1 Å². The number of anilines is 1. The highest BCUT2D eigenvalue weighted by molar-refractivity contribution is 7.17. The normalized spacial score (nSPS) is 15.2. The van der Waals surface area contributed by atoms with Gasteiger partial charge in [0, 0.05) is 26.2 Å². The maximum atomic E-state index is 12.5. The lowest BCUT2D eigenvalue weighted by molar-refractivity contribution is 0.0605. The van der Waals surface area contributed by atoms with Crippen molar-refractivity contribution >= 4 is 39.9 Å². The Morgan fingerprint density at radius 2 is 2.12 bits per heavy atom. The van der Waals surface area contributed by atoms with Gasteiger partial charge in [-0.2, -0.15) is 5.10 Å². The van der Waals surface area contributed by atoms with Gasteiger partial charge in [-0.25, -0.2) is 9.78 Å². The minimum Gasteiger partial charge on any atom is -0.465 e. The molecule has 0 radical (unpaired) electrons. The molecular formula is C15H18ClN5O3S. The lowest BCUT2D eigenvalue weighted by Gasteiger charge is -2.36. The first-order chi connectivity index (χ1) is 12.0. The third-order valence-electron chi connectivity index (χ3n) is 4.29. The molecule has 0 aromatic carbocycles. The molecule has 10 heteroatoms. The summed E-state index contributed by atoms with van der Waals surface area (Å²) in [6.07, 6.45) is 4.57. The molecule has 0 unspecified atom stereocenters. The molecule has 8 nitrogen and oxygen atoms in total. The highest BCUT2D eigenvalue weighted by Gasteiger charge is 2.29. The Hall–Kier alpha value is -2.13. The number of halogens is 1. The van der Waals surface area contributed by atoms with Gasteiger partial charge in [0.15, 0.2) is 5.13 Å². The lowest BCUT2D eigenvalue weighted by atomic mass is 10.0. The summed E-state index contributed by atoms with van der Waals surface area (Å²) in [5.41, 5.74) is 0.314. The van der Waals surface area contributed by atoms with Crippen LogP contribution in [-0.4, -0.2) is 65.2 Å². The van der Waals surface area contributed by atoms with Crippen LogP contribution in [-0.2, 0) is 4.74 Å². The second-order valence-corrected chi connectivity index (χ2v) is 7.14. The van der Waals surface area contributed by atoms with Gasteiger partial charge >= 0.3 is 5.97 Å². The molecule has 0 aliphatic carbocycles. The quantitative estimate of drug-likeness (QED) is 0.812. The average Bonchev–Trinajstić information content (AvgIpc) is 3.29. The van der Waals surface area contributed by atoms with Gasteiger partial charge in [0.05, 0.1) is 24.5 Å². The Morgan fingerprint density at radius 3 is 2.72 bits per heavy atom. The number of carbonyl (C=O) groups excluding carboxylic acids is 2. The molecule has 2 aromatic rings. The number of methoxy groups -OCH3 is 1. The molecule has 0 atom stereocenters. The van der Waals surface area contributed by atoms with Crippen molar-refractivity contribution in [2.75, 3.05) is 32.1 Å². The zero-order valence-electron chi connectivity index (χ0n) is 13.9. The molecule has 0 spiro atoms. The molecule has 1 aliphatic rings. The summed E-state index contributed by atoms with van der Waals surface area (Å²) in [6, 6.07) is 0.114. The molecule has 1 saturated heterocycles. The molecule has 3 rings (SSSR count). The summed E-state index contributed by atoms with van der Waals surface area (Å²) in [5.74, 6) is -0.538. The zero-order valence-corrected chi connectivity index (χ0v) is 15.4. The Labute approximate surface area is 153 Å². The van der Waals surface area contributed by atoms with Crippen molar-refractivity contribution in [2.45, 2.75) is 18.9 Å². The monoisotopic (exact) mass is 383 g/mol. The van der Waals surface area contributed by atoms with Crippen molar-refractivity contribution in [1.82, 2.24) is 20.1 Å². The topological polar surface area (TPSA) is 91.4 Å². The van der Waals surface area contributed by atoms with Gasteiger partial charge in [0.25, 0.3) is 5.91 Å². The van der Waals surface area contributed by atoms with Crippen LogP contribution in [0.4, 0.5) is 5.13 Å². The van der Waals surface area contributed by atoms with Crippen molar-refractivity contribution in [1.29, 1.82) is 0 Å². The molecule has 2 aromatic heterocycles. The van der Waals surface area contributed by atoms with E-state index >= 15 is 0 Å². The minimum absolute atomic E-state index is 0.114. The van der Waals surface area contributed by atoms with Gasteiger partial charge in [-0.15, -0.1) is 0 Å². The fourth-order valence-electron chi connectivity index (χ4n) is 2.81. The second kappa shape index (κ2) is 7.40. The van der Waals surface area contributed by atoms with E-state index in [1.54, 1.807) is 11.9 Å². The third kappa shape index (κ3) is 3.62. The number of hydrogen-bond acceptors (Lipinski definition) is 7. The smallest absolute Gasteiger partial charge is 0.349 e. The summed E-state index contributed by atoms with van der Waals surface area (Å²) in [6.45, 7) is 1.51. The van der Waals surface area contributed by atoms with Gasteiger partial charge in [0.1, 0.15) is 10.6 Å². The molecule has 1 N–H and O–H groups in total. The van der Waals surface area contributed by atoms with Gasteiger partial charge in [-0.05, 0) is 12.8 Å². The fraction of sp³-hybridized carbons (Fsp3) is 0.467. The summed E-state index contributed by atoms with van der Waals surface area (Å²) >= 11 is 7.28. The first-order valence-electron chi connectivity index (χ1n) is 7.76. The van der Waals surface area contributed by atoms with Crippen LogP contribution in [0.5, 0.6) is 0 Å². The van der Waals surface area contributed by atoms with E-state index in [0.717, 1.165) is 31.1 Å². The SMILES string of the molecule is COC(=O)c1cnc(N2CCC(N(C)C(=O)c3[nH]ncc3Cl)CC2)s1. The highest BCUT2D eigenvalue weighted by Crippen LogP contribution is 2.27. The van der Waals surface area contributed by atoms with E-state index in [1.165, 1.54) is 30.8 Å². The fourth-order valence-corrected chi connectivity index (χ4v) is 3.87. The van der Waals surface area contributed by atoms with Crippen LogP contribution in [0.25, 0.3) is 0 Å². The molecule has 0 saturated carbocycles. The number of hydrogen-bond donors (Lipinski definition) is 1. The van der Waals surface area contributed by atoms with Gasteiger partial charge in [-0.1, -0.05) is 22.9 Å². The predicted octanol–water partition coefficient (Wildman–Crippen LogP) is 2.05. The molecule has 0 bridgehead atoms. The molecule has 1 fully saturated rings. The summed E-state index contributed by atoms with van der Waals surface area (Å²) in [4.78, 5) is 32.6. The van der Waals surface area contributed by atoms with Crippen molar-refractivity contribution < 1.29 is 14.3 Å². The maximum absolute atomic E-state index is 12.5. The Balaban J connectivity index is 1.60. The average molecular weight is 384 g/mol. The number of aromatic nitrogens is 3. The van der Waals surface area contributed by atoms with Crippen LogP contribution in [0.2, 0.25) is 5.02 Å². The predicted molar refractivity (Wildman–Crippen MR) is 94.4 cm³/mol. The Morgan fingerprint density at radius 1 is 1.40 bits per heavy atom. The van der Waals surface area contributed by atoms with Gasteiger partial charge in [-0.3, -0.25) is 9.89 Å². The third-order valence-corrected chi connectivity index (χ3v) is 5.61. The molecule has 1 aliphatic heterocycles. The Bertz CT molecular complexity index is 769. The van der Waals surface area contributed by atoms with Crippen molar-refractivity contribution in [3.8, 4) is 0 Å². The highest BCUT2D eigenvalue weighted by atomic mass is 35.5. The minimum atomic E-state index is -0.375. The largest absolute Gasteiger partial charge is 0.465 e. The van der Waals surface area contributed by atoms with E-state index in [1.807, 2.05) is 0 Å². The first-order valence-corrected chi connectivity index (χ1v) is 8.95. The Kier molecular flexibility index (Phi) is 5.24. The summed E-state index contributed by atoms with van der Waals surface area (Å²) in [7, 11) is 3.13. The number of aromatic amines is 1. The molecule has 3 heterocycles. The van der Waals surface area contributed by atoms with Crippen LogP contribution in [0.1, 0.15) is 33.0 Å². The molecule has 1 amide bonds. The van der Waals surface area contributed by atoms with Gasteiger partial charge < -0.3 is 14.5 Å². The molecule has 25 heavy (non-hydrogen) atoms. The van der Waals surface area contributed by atoms with E-state index in [9.17, 15) is 9.59 Å². The number of piperidine rings is 1. The number of H-pyrrole nitrogens is 1. The van der Waals surface area contributed by atoms with E-state index in [4.69, 9.17) is 16.3 Å². The molecule has 134 valence electrons. The van der Waals surface area contributed by atoms with Crippen LogP contribution in [0.15, 0.2) is 12.4 Å². The van der Waals surface area contributed by atoms with Crippen LogP contribution in [0.3, 0.4) is 0 Å². The van der Waals surface area contributed by atoms with E-state index in [-0.39, 0.29) is 17.9 Å². The first kappa shape index (κ1) is 17.7. The lowest BCUT2D eigenvalue weighted by Crippen LogP contribution is -2.45. The summed E-state index contributed by atoms with van der Waals surface area (Å²) < 4.78 is 4.71. The van der Waals surface area contributed by atoms with Crippen molar-refractivity contribution in [3.63, 3.8) is 0 Å². The number of rotatable bonds is 4. The van der Waals surface area contributed by atoms with Crippen LogP contribution in [0, 0.1) is 0 Å². The van der Waals surface area contributed by atoms with Gasteiger partial charge in [0.2, 0.25) is 0 Å². The zero-order chi connectivity index (χ0) is 18.0. The van der Waals surface area contributed by atoms with E-state index in [0.29, 0.717) is 15.6 Å². The number of thiazole rings is 1. The van der Waals surface area contributed by atoms with Crippen molar-refractivity contribution in [2.24, 2.45) is 0 Å². The number of nitrogens with zero attached hydrogens (tertiary/aromatic N) is 4. The van der Waals surface area contributed by atoms with Crippen molar-refractivity contribution in [3.05, 3.63) is 28.0 Å². The number of esters is 1.